The number of nitrogens with one attached hydrogen (secondary N) is 2. The monoisotopic (exact) mass is 467 g/mol. The molecule has 0 amide bonds. The van der Waals surface area contributed by atoms with Gasteiger partial charge in [-0.25, -0.2) is 4.79 Å². The quantitative estimate of drug-likeness (QED) is 0.364. The molecule has 6 nitrogen and oxygen atoms in total. The highest BCUT2D eigenvalue weighted by atomic mass is 16.3. The van der Waals surface area contributed by atoms with Gasteiger partial charge in [-0.3, -0.25) is 19.7 Å². The first-order valence-electron chi connectivity index (χ1n) is 12.0. The van der Waals surface area contributed by atoms with Crippen molar-refractivity contribution in [2.75, 3.05) is 6.54 Å². The largest absolute Gasteiger partial charge is 0.393 e. The summed E-state index contributed by atoms with van der Waals surface area (Å²) < 4.78 is 1.53. The maximum Gasteiger partial charge on any atom is 0.328 e. The van der Waals surface area contributed by atoms with Gasteiger partial charge in [0.2, 0.25) is 0 Å². The zero-order valence-corrected chi connectivity index (χ0v) is 19.4. The van der Waals surface area contributed by atoms with Crippen LogP contribution in [0.3, 0.4) is 0 Å². The molecule has 0 spiro atoms. The van der Waals surface area contributed by atoms with Crippen LogP contribution in [-0.2, 0) is 5.54 Å². The molecule has 1 aromatic heterocycles. The van der Waals surface area contributed by atoms with Crippen molar-refractivity contribution in [3.8, 4) is 0 Å². The molecule has 3 aromatic carbocycles. The molecule has 1 aliphatic carbocycles. The molecule has 1 saturated carbocycles. The second-order valence-electron chi connectivity index (χ2n) is 9.20. The smallest absolute Gasteiger partial charge is 0.328 e. The molecule has 0 radical (unpaired) electrons. The van der Waals surface area contributed by atoms with E-state index in [9.17, 15) is 14.7 Å². The average Bonchev–Trinajstić information content (AvgIpc) is 3.26. The lowest BCUT2D eigenvalue weighted by Gasteiger charge is -2.38. The molecule has 0 unspecified atom stereocenters. The van der Waals surface area contributed by atoms with E-state index in [-0.39, 0.29) is 12.0 Å². The fraction of sp³-hybridized carbons (Fsp3) is 0.241. The summed E-state index contributed by atoms with van der Waals surface area (Å²) in [6, 6.07) is 32.2. The Morgan fingerprint density at radius 3 is 1.80 bits per heavy atom. The third-order valence-electron chi connectivity index (χ3n) is 7.13. The first-order chi connectivity index (χ1) is 17.1. The highest BCUT2D eigenvalue weighted by Gasteiger charge is 2.40. The minimum atomic E-state index is -0.615. The van der Waals surface area contributed by atoms with E-state index in [1.807, 2.05) is 54.6 Å². The molecular weight excluding hydrogens is 438 g/mol. The summed E-state index contributed by atoms with van der Waals surface area (Å²) in [5.41, 5.74) is 1.86. The number of aliphatic hydroxyl groups is 1. The van der Waals surface area contributed by atoms with Crippen molar-refractivity contribution in [2.45, 2.75) is 30.5 Å². The molecule has 178 valence electrons. The Kier molecular flexibility index (Phi) is 6.49. The minimum absolute atomic E-state index is 0.0608. The van der Waals surface area contributed by atoms with Gasteiger partial charge in [-0.2, -0.15) is 0 Å². The average molecular weight is 468 g/mol. The first-order valence-corrected chi connectivity index (χ1v) is 12.0. The van der Waals surface area contributed by atoms with Gasteiger partial charge in [0, 0.05) is 24.8 Å². The van der Waals surface area contributed by atoms with Crippen molar-refractivity contribution >= 4 is 0 Å². The Balaban J connectivity index is 1.50. The van der Waals surface area contributed by atoms with Crippen molar-refractivity contribution < 1.29 is 5.11 Å². The second-order valence-corrected chi connectivity index (χ2v) is 9.20. The SMILES string of the molecule is O=c1ccn([C@@H]2C[C@H](CNC(c3ccccc3)(c3ccccc3)c3ccccc3)[C@@H](O)C2)c(=O)[nH]1. The lowest BCUT2D eigenvalue weighted by molar-refractivity contribution is 0.127. The third-order valence-corrected chi connectivity index (χ3v) is 7.13. The lowest BCUT2D eigenvalue weighted by Crippen LogP contribution is -2.47. The maximum atomic E-state index is 12.3. The Morgan fingerprint density at radius 2 is 1.31 bits per heavy atom. The molecule has 1 fully saturated rings. The van der Waals surface area contributed by atoms with Crippen LogP contribution >= 0.6 is 0 Å². The van der Waals surface area contributed by atoms with E-state index in [1.54, 1.807) is 0 Å². The minimum Gasteiger partial charge on any atom is -0.393 e. The van der Waals surface area contributed by atoms with Crippen LogP contribution in [0.15, 0.2) is 113 Å². The molecule has 5 rings (SSSR count). The summed E-state index contributed by atoms with van der Waals surface area (Å²) in [5.74, 6) is -0.0608. The van der Waals surface area contributed by atoms with Gasteiger partial charge in [0.1, 0.15) is 0 Å². The molecule has 0 bridgehead atoms. The summed E-state index contributed by atoms with van der Waals surface area (Å²) in [6.07, 6.45) is 2.06. The Morgan fingerprint density at radius 1 is 0.800 bits per heavy atom. The standard InChI is InChI=1S/C29H29N3O3/c33-26-19-25(32-17-16-27(34)31-28(32)35)18-21(26)20-30-29(22-10-4-1-5-11-22,23-12-6-2-7-13-23)24-14-8-3-9-15-24/h1-17,21,25-26,30,33H,18-20H2,(H,31,34,35)/t21-,25-,26+/m1/s1. The fourth-order valence-electron chi connectivity index (χ4n) is 5.39. The number of aromatic amines is 1. The summed E-state index contributed by atoms with van der Waals surface area (Å²) in [4.78, 5) is 26.1. The molecule has 3 N–H and O–H groups in total. The predicted molar refractivity (Wildman–Crippen MR) is 136 cm³/mol. The van der Waals surface area contributed by atoms with Crippen LogP contribution in [0, 0.1) is 5.92 Å². The van der Waals surface area contributed by atoms with Gasteiger partial charge in [0.25, 0.3) is 5.56 Å². The summed E-state index contributed by atoms with van der Waals surface area (Å²) in [6.45, 7) is 0.550. The summed E-state index contributed by atoms with van der Waals surface area (Å²) in [5, 5.41) is 14.8. The van der Waals surface area contributed by atoms with Gasteiger partial charge in [0.05, 0.1) is 11.6 Å². The Labute approximate surface area is 203 Å². The van der Waals surface area contributed by atoms with Crippen molar-refractivity contribution in [1.29, 1.82) is 0 Å². The molecule has 6 heteroatoms. The van der Waals surface area contributed by atoms with Gasteiger partial charge >= 0.3 is 5.69 Å². The Hall–Kier alpha value is -3.74. The fourth-order valence-corrected chi connectivity index (χ4v) is 5.39. The molecule has 1 heterocycles. The topological polar surface area (TPSA) is 87.1 Å². The van der Waals surface area contributed by atoms with E-state index in [0.717, 1.165) is 16.7 Å². The van der Waals surface area contributed by atoms with Crippen molar-refractivity contribution in [2.24, 2.45) is 5.92 Å². The number of H-pyrrole nitrogens is 1. The molecule has 4 aromatic rings. The molecule has 0 aliphatic heterocycles. The zero-order chi connectivity index (χ0) is 24.3. The van der Waals surface area contributed by atoms with E-state index < -0.39 is 22.9 Å². The number of aliphatic hydroxyl groups excluding tert-OH is 1. The van der Waals surface area contributed by atoms with Crippen LogP contribution in [0.4, 0.5) is 0 Å². The number of rotatable bonds is 7. The number of hydrogen-bond donors (Lipinski definition) is 3. The van der Waals surface area contributed by atoms with Crippen molar-refractivity contribution in [3.05, 3.63) is 141 Å². The highest BCUT2D eigenvalue weighted by molar-refractivity contribution is 5.49. The number of nitrogens with zero attached hydrogens (tertiary/aromatic N) is 1. The second kappa shape index (κ2) is 9.86. The molecule has 1 aliphatic rings. The van der Waals surface area contributed by atoms with Gasteiger partial charge in [-0.05, 0) is 35.4 Å². The Bertz CT molecular complexity index is 1270. The van der Waals surface area contributed by atoms with Crippen LogP contribution in [0.1, 0.15) is 35.6 Å². The number of hydrogen-bond acceptors (Lipinski definition) is 4. The molecule has 0 saturated heterocycles. The first kappa shape index (κ1) is 23.0. The number of benzene rings is 3. The van der Waals surface area contributed by atoms with E-state index in [0.29, 0.717) is 19.4 Å². The van der Waals surface area contributed by atoms with Gasteiger partial charge in [0.15, 0.2) is 0 Å². The van der Waals surface area contributed by atoms with Crippen LogP contribution < -0.4 is 16.6 Å². The van der Waals surface area contributed by atoms with Gasteiger partial charge in [-0.1, -0.05) is 91.0 Å². The molecular formula is C29H29N3O3. The van der Waals surface area contributed by atoms with Crippen LogP contribution in [0.5, 0.6) is 0 Å². The normalized spacial score (nSPS) is 20.1. The number of aromatic nitrogens is 2. The van der Waals surface area contributed by atoms with Crippen LogP contribution in [0.25, 0.3) is 0 Å². The summed E-state index contributed by atoms with van der Waals surface area (Å²) >= 11 is 0. The van der Waals surface area contributed by atoms with Crippen molar-refractivity contribution in [3.63, 3.8) is 0 Å². The van der Waals surface area contributed by atoms with E-state index in [4.69, 9.17) is 0 Å². The van der Waals surface area contributed by atoms with E-state index in [2.05, 4.69) is 46.7 Å². The molecule has 35 heavy (non-hydrogen) atoms. The van der Waals surface area contributed by atoms with Gasteiger partial charge in [-0.15, -0.1) is 0 Å². The lowest BCUT2D eigenvalue weighted by atomic mass is 9.76. The van der Waals surface area contributed by atoms with E-state index >= 15 is 0 Å². The third kappa shape index (κ3) is 4.50. The predicted octanol–water partition coefficient (Wildman–Crippen LogP) is 3.43. The highest BCUT2D eigenvalue weighted by Crippen LogP contribution is 2.39. The van der Waals surface area contributed by atoms with Crippen molar-refractivity contribution in [1.82, 2.24) is 14.9 Å². The van der Waals surface area contributed by atoms with Gasteiger partial charge < -0.3 is 5.11 Å². The van der Waals surface area contributed by atoms with Crippen LogP contribution in [-0.4, -0.2) is 27.3 Å². The van der Waals surface area contributed by atoms with Crippen LogP contribution in [0.2, 0.25) is 0 Å². The zero-order valence-electron chi connectivity index (χ0n) is 19.4. The maximum absolute atomic E-state index is 12.3. The van der Waals surface area contributed by atoms with E-state index in [1.165, 1.54) is 16.8 Å². The molecule has 3 atom stereocenters. The summed E-state index contributed by atoms with van der Waals surface area (Å²) in [7, 11) is 0.